The fourth-order valence-electron chi connectivity index (χ4n) is 9.09. The smallest absolute Gasteiger partial charge is 0.119 e. The van der Waals surface area contributed by atoms with E-state index in [-0.39, 0.29) is 0 Å². The number of aryl methyl sites for hydroxylation is 6. The van der Waals surface area contributed by atoms with E-state index in [9.17, 15) is 0 Å². The van der Waals surface area contributed by atoms with E-state index in [0.717, 1.165) is 58.2 Å². The lowest BCUT2D eigenvalue weighted by atomic mass is 10.00. The predicted octanol–water partition coefficient (Wildman–Crippen LogP) is 17.8. The second-order valence-corrected chi connectivity index (χ2v) is 17.4. The Balaban J connectivity index is 1.07. The summed E-state index contributed by atoms with van der Waals surface area (Å²) in [6, 6.07) is 61.7. The molecule has 0 bridgehead atoms. The lowest BCUT2D eigenvalue weighted by Gasteiger charge is -2.30. The monoisotopic (exact) mass is 892 g/mol. The zero-order valence-electron chi connectivity index (χ0n) is 41.0. The zero-order chi connectivity index (χ0) is 47.6. The summed E-state index contributed by atoms with van der Waals surface area (Å²) in [6.45, 7) is 18.5. The predicted molar refractivity (Wildman–Crippen MR) is 292 cm³/mol. The molecule has 4 nitrogen and oxygen atoms in total. The number of hydrogen-bond donors (Lipinski definition) is 0. The van der Waals surface area contributed by atoms with Crippen molar-refractivity contribution in [1.29, 1.82) is 0 Å². The number of hydrogen-bond acceptors (Lipinski definition) is 4. The van der Waals surface area contributed by atoms with Gasteiger partial charge >= 0.3 is 0 Å². The molecule has 0 spiro atoms. The van der Waals surface area contributed by atoms with Gasteiger partial charge in [0.2, 0.25) is 0 Å². The van der Waals surface area contributed by atoms with Crippen LogP contribution in [0, 0.1) is 27.7 Å². The van der Waals surface area contributed by atoms with Crippen LogP contribution in [-0.2, 0) is 12.8 Å². The van der Waals surface area contributed by atoms with Crippen molar-refractivity contribution in [2.75, 3.05) is 23.0 Å². The van der Waals surface area contributed by atoms with E-state index >= 15 is 0 Å². The quantitative estimate of drug-likeness (QED) is 0.0851. The molecule has 8 aromatic carbocycles. The third-order valence-corrected chi connectivity index (χ3v) is 12.8. The van der Waals surface area contributed by atoms with E-state index in [2.05, 4.69) is 233 Å². The first-order valence-corrected chi connectivity index (χ1v) is 24.2. The molecule has 0 fully saturated rings. The van der Waals surface area contributed by atoms with Crippen LogP contribution in [-0.4, -0.2) is 13.2 Å². The second-order valence-electron chi connectivity index (χ2n) is 17.4. The SMILES string of the molecule is CCOc1ccc(/C=C/c2ccc(N(c3ccc(-c4ccc(N(c5ccc(/C=C/c6ccc(OCC)cc6C)cc5)c5c(C)cccc5CC)cc4)cc3)c3c(C)cccc3CC)cc2)c(C)c1. The highest BCUT2D eigenvalue weighted by molar-refractivity contribution is 5.85. The normalized spacial score (nSPS) is 11.4. The van der Waals surface area contributed by atoms with E-state index in [0.29, 0.717) is 13.2 Å². The highest BCUT2D eigenvalue weighted by Crippen LogP contribution is 2.42. The number of nitrogens with zero attached hydrogens (tertiary/aromatic N) is 2. The van der Waals surface area contributed by atoms with Gasteiger partial charge in [-0.15, -0.1) is 0 Å². The Morgan fingerprint density at radius 1 is 0.368 bits per heavy atom. The van der Waals surface area contributed by atoms with Crippen LogP contribution in [0.1, 0.15) is 83.3 Å². The molecule has 0 heterocycles. The van der Waals surface area contributed by atoms with Crippen LogP contribution in [0.5, 0.6) is 11.5 Å². The van der Waals surface area contributed by atoms with Gasteiger partial charge in [-0.25, -0.2) is 0 Å². The lowest BCUT2D eigenvalue weighted by Crippen LogP contribution is -2.13. The van der Waals surface area contributed by atoms with Crippen LogP contribution in [0.4, 0.5) is 34.1 Å². The minimum Gasteiger partial charge on any atom is -0.494 e. The molecular weight excluding hydrogens is 829 g/mol. The van der Waals surface area contributed by atoms with E-state index in [1.54, 1.807) is 0 Å². The fourth-order valence-corrected chi connectivity index (χ4v) is 9.09. The number of anilines is 6. The summed E-state index contributed by atoms with van der Waals surface area (Å²) in [4.78, 5) is 4.83. The summed E-state index contributed by atoms with van der Waals surface area (Å²) in [5.74, 6) is 1.82. The van der Waals surface area contributed by atoms with Crippen molar-refractivity contribution in [1.82, 2.24) is 0 Å². The Morgan fingerprint density at radius 2 is 0.721 bits per heavy atom. The van der Waals surface area contributed by atoms with Gasteiger partial charge in [-0.05, 0) is 194 Å². The summed E-state index contributed by atoms with van der Waals surface area (Å²) < 4.78 is 11.4. The van der Waals surface area contributed by atoms with Crippen LogP contribution >= 0.6 is 0 Å². The average molecular weight is 893 g/mol. The number of benzene rings is 8. The van der Waals surface area contributed by atoms with Gasteiger partial charge in [0.05, 0.1) is 24.6 Å². The van der Waals surface area contributed by atoms with Crippen molar-refractivity contribution >= 4 is 58.4 Å². The van der Waals surface area contributed by atoms with Crippen molar-refractivity contribution in [2.45, 2.75) is 68.2 Å². The molecule has 0 atom stereocenters. The number of para-hydroxylation sites is 2. The van der Waals surface area contributed by atoms with Crippen molar-refractivity contribution in [2.24, 2.45) is 0 Å². The number of ether oxygens (including phenoxy) is 2. The standard InChI is InChI=1S/C64H64N2O2/c1-9-51-17-13-15-45(5)63(51)65(57-33-21-49(22-34-57)19-25-53-31-41-61(67-11-3)43-47(53)7)59-37-27-55(28-38-59)56-29-39-60(40-30-56)66(64-46(6)16-14-18-52(64)10-2)58-35-23-50(24-36-58)20-26-54-32-42-62(68-12-4)44-48(54)8/h13-44H,9-12H2,1-8H3/b25-19+,26-20+. The molecule has 0 N–H and O–H groups in total. The molecule has 342 valence electrons. The third kappa shape index (κ3) is 10.7. The first-order valence-electron chi connectivity index (χ1n) is 24.2. The fraction of sp³-hybridized carbons (Fsp3) is 0.188. The summed E-state index contributed by atoms with van der Waals surface area (Å²) in [5.41, 5.74) is 21.4. The summed E-state index contributed by atoms with van der Waals surface area (Å²) in [6.07, 6.45) is 10.6. The van der Waals surface area contributed by atoms with E-state index in [1.165, 1.54) is 67.0 Å². The Bertz CT molecular complexity index is 2810. The molecular formula is C64H64N2O2. The van der Waals surface area contributed by atoms with Crippen LogP contribution in [0.15, 0.2) is 170 Å². The topological polar surface area (TPSA) is 24.9 Å². The van der Waals surface area contributed by atoms with Crippen molar-refractivity contribution in [3.63, 3.8) is 0 Å². The van der Waals surface area contributed by atoms with Crippen molar-refractivity contribution < 1.29 is 9.47 Å². The van der Waals surface area contributed by atoms with E-state index in [4.69, 9.17) is 9.47 Å². The summed E-state index contributed by atoms with van der Waals surface area (Å²) in [7, 11) is 0. The summed E-state index contributed by atoms with van der Waals surface area (Å²) in [5, 5.41) is 0. The van der Waals surface area contributed by atoms with Crippen molar-refractivity contribution in [3.05, 3.63) is 225 Å². The van der Waals surface area contributed by atoms with Gasteiger partial charge in [-0.2, -0.15) is 0 Å². The summed E-state index contributed by atoms with van der Waals surface area (Å²) >= 11 is 0. The Kier molecular flexibility index (Phi) is 15.1. The van der Waals surface area contributed by atoms with Gasteiger partial charge < -0.3 is 19.3 Å². The molecule has 4 heteroatoms. The van der Waals surface area contributed by atoms with Gasteiger partial charge in [0.15, 0.2) is 0 Å². The Hall–Kier alpha value is -7.56. The van der Waals surface area contributed by atoms with Crippen LogP contribution in [0.2, 0.25) is 0 Å². The minimum atomic E-state index is 0.663. The molecule has 0 aliphatic carbocycles. The Labute approximate surface area is 405 Å². The van der Waals surface area contributed by atoms with Crippen LogP contribution < -0.4 is 19.3 Å². The molecule has 8 rings (SSSR count). The molecule has 8 aromatic rings. The number of rotatable bonds is 17. The second kappa shape index (κ2) is 21.8. The molecule has 0 amide bonds. The molecule has 0 saturated carbocycles. The molecule has 0 aliphatic heterocycles. The zero-order valence-corrected chi connectivity index (χ0v) is 41.0. The average Bonchev–Trinajstić information content (AvgIpc) is 3.36. The maximum absolute atomic E-state index is 5.71. The Morgan fingerprint density at radius 3 is 1.04 bits per heavy atom. The molecule has 68 heavy (non-hydrogen) atoms. The highest BCUT2D eigenvalue weighted by Gasteiger charge is 2.20. The van der Waals surface area contributed by atoms with Crippen LogP contribution in [0.3, 0.4) is 0 Å². The van der Waals surface area contributed by atoms with Gasteiger partial charge in [-0.3, -0.25) is 0 Å². The van der Waals surface area contributed by atoms with E-state index in [1.807, 2.05) is 26.0 Å². The molecule has 0 radical (unpaired) electrons. The van der Waals surface area contributed by atoms with Gasteiger partial charge in [-0.1, -0.05) is 135 Å². The first kappa shape index (κ1) is 47.0. The van der Waals surface area contributed by atoms with E-state index < -0.39 is 0 Å². The van der Waals surface area contributed by atoms with Gasteiger partial charge in [0.25, 0.3) is 0 Å². The first-order chi connectivity index (χ1) is 33.2. The molecule has 0 saturated heterocycles. The molecule has 0 aliphatic rings. The van der Waals surface area contributed by atoms with Gasteiger partial charge in [0, 0.05) is 22.7 Å². The van der Waals surface area contributed by atoms with Crippen molar-refractivity contribution in [3.8, 4) is 22.6 Å². The van der Waals surface area contributed by atoms with Crippen LogP contribution in [0.25, 0.3) is 35.4 Å². The molecule has 0 unspecified atom stereocenters. The van der Waals surface area contributed by atoms with Gasteiger partial charge in [0.1, 0.15) is 11.5 Å². The maximum atomic E-state index is 5.71. The lowest BCUT2D eigenvalue weighted by molar-refractivity contribution is 0.340. The molecule has 0 aromatic heterocycles. The third-order valence-electron chi connectivity index (χ3n) is 12.8. The maximum Gasteiger partial charge on any atom is 0.119 e. The largest absolute Gasteiger partial charge is 0.494 e. The minimum absolute atomic E-state index is 0.663. The highest BCUT2D eigenvalue weighted by atomic mass is 16.5.